The lowest BCUT2D eigenvalue weighted by Gasteiger charge is -2.33. The molecular formula is C30H35FIN5O3. The predicted octanol–water partition coefficient (Wildman–Crippen LogP) is 5.00. The molecule has 1 aromatic heterocycles. The van der Waals surface area contributed by atoms with Gasteiger partial charge in [0.05, 0.1) is 37.6 Å². The monoisotopic (exact) mass is 659 g/mol. The Labute approximate surface area is 247 Å². The molecule has 6 rings (SSSR count). The summed E-state index contributed by atoms with van der Waals surface area (Å²) in [6.45, 7) is 3.20. The average Bonchev–Trinajstić information content (AvgIpc) is 3.55. The van der Waals surface area contributed by atoms with Gasteiger partial charge in [0.2, 0.25) is 0 Å². The summed E-state index contributed by atoms with van der Waals surface area (Å²) in [5.41, 5.74) is 2.26. The number of carbonyl (C=O) groups excluding carboxylic acids is 1. The Morgan fingerprint density at radius 2 is 2.08 bits per heavy atom. The van der Waals surface area contributed by atoms with Gasteiger partial charge in [-0.05, 0) is 86.0 Å². The minimum absolute atomic E-state index is 0.0292. The highest BCUT2D eigenvalue weighted by Crippen LogP contribution is 2.46. The van der Waals surface area contributed by atoms with Crippen molar-refractivity contribution in [3.05, 3.63) is 50.7 Å². The van der Waals surface area contributed by atoms with Crippen molar-refractivity contribution in [3.63, 3.8) is 0 Å². The minimum atomic E-state index is -0.353. The summed E-state index contributed by atoms with van der Waals surface area (Å²) in [7, 11) is 4.15. The van der Waals surface area contributed by atoms with Crippen molar-refractivity contribution in [1.82, 2.24) is 19.8 Å². The van der Waals surface area contributed by atoms with Gasteiger partial charge >= 0.3 is 6.01 Å². The zero-order chi connectivity index (χ0) is 28.0. The van der Waals surface area contributed by atoms with Gasteiger partial charge in [-0.1, -0.05) is 12.1 Å². The van der Waals surface area contributed by atoms with Crippen LogP contribution in [0, 0.1) is 14.9 Å². The minimum Gasteiger partial charge on any atom is -0.508 e. The van der Waals surface area contributed by atoms with Crippen LogP contribution < -0.4 is 9.64 Å². The summed E-state index contributed by atoms with van der Waals surface area (Å²) >= 11 is 2.23. The third-order valence-corrected chi connectivity index (χ3v) is 9.22. The summed E-state index contributed by atoms with van der Waals surface area (Å²) < 4.78 is 20.8. The molecule has 2 fully saturated rings. The molecule has 1 N–H and O–H groups in total. The molecule has 1 saturated carbocycles. The number of ether oxygens (including phenoxy) is 1. The number of rotatable bonds is 8. The van der Waals surface area contributed by atoms with E-state index >= 15 is 0 Å². The van der Waals surface area contributed by atoms with Gasteiger partial charge in [-0.2, -0.15) is 9.97 Å². The van der Waals surface area contributed by atoms with Crippen molar-refractivity contribution in [2.75, 3.05) is 51.9 Å². The maximum atomic E-state index is 13.9. The number of aromatic nitrogens is 2. The predicted molar refractivity (Wildman–Crippen MR) is 161 cm³/mol. The van der Waals surface area contributed by atoms with Crippen molar-refractivity contribution in [2.24, 2.45) is 11.3 Å². The van der Waals surface area contributed by atoms with Crippen molar-refractivity contribution in [2.45, 2.75) is 38.8 Å². The van der Waals surface area contributed by atoms with Crippen molar-refractivity contribution in [3.8, 4) is 11.8 Å². The largest absolute Gasteiger partial charge is 0.508 e. The number of hydrogen-bond acceptors (Lipinski definition) is 7. The number of carbonyl (C=O) groups is 1. The number of aromatic hydroxyl groups is 1. The number of phenolic OH excluding ortho intramolecular Hbond substituents is 1. The molecule has 2 aromatic carbocycles. The quantitative estimate of drug-likeness (QED) is 0.341. The number of halogens is 2. The zero-order valence-corrected chi connectivity index (χ0v) is 25.2. The Bertz CT molecular complexity index is 1450. The van der Waals surface area contributed by atoms with E-state index in [1.165, 1.54) is 0 Å². The van der Waals surface area contributed by atoms with Crippen LogP contribution in [0.4, 0.5) is 10.2 Å². The Hall–Kier alpha value is -2.73. The van der Waals surface area contributed by atoms with Gasteiger partial charge in [0.15, 0.2) is 0 Å². The number of piperidine rings is 1. The standard InChI is InChI=1S/C30H35FIN5O3/c1-35(2)17-30(8-9-30)18-40-29-33-25-16-37(15-23(25)27(34-29)36-10-4-5-19(13-31)14-36)28(39)22-12-21(38)11-20-6-3-7-24(32)26(20)22/h3,6-7,11-12,19,38H,4-5,8-10,13-18H2,1-2H3. The number of nitrogens with zero attached hydrogens (tertiary/aromatic N) is 5. The van der Waals surface area contributed by atoms with Crippen LogP contribution in [0.25, 0.3) is 10.8 Å². The third-order valence-electron chi connectivity index (χ3n) is 8.32. The van der Waals surface area contributed by atoms with Gasteiger partial charge < -0.3 is 24.5 Å². The Morgan fingerprint density at radius 1 is 1.25 bits per heavy atom. The lowest BCUT2D eigenvalue weighted by atomic mass is 9.99. The highest BCUT2D eigenvalue weighted by molar-refractivity contribution is 14.1. The number of anilines is 1. The van der Waals surface area contributed by atoms with Gasteiger partial charge in [0.1, 0.15) is 11.6 Å². The lowest BCUT2D eigenvalue weighted by molar-refractivity contribution is 0.0752. The SMILES string of the molecule is CN(C)CC1(COc2nc3c(c(N4CCCC(CF)C4)n2)CN(C(=O)c2cc(O)cc4cccc(I)c24)C3)CC1. The summed E-state index contributed by atoms with van der Waals surface area (Å²) in [6.07, 6.45) is 3.99. The van der Waals surface area contributed by atoms with Crippen molar-refractivity contribution < 1.29 is 19.0 Å². The summed E-state index contributed by atoms with van der Waals surface area (Å²) in [4.78, 5) is 29.7. The molecule has 2 aliphatic heterocycles. The van der Waals surface area contributed by atoms with Crippen LogP contribution in [0.3, 0.4) is 0 Å². The Balaban J connectivity index is 1.32. The van der Waals surface area contributed by atoms with E-state index in [1.807, 2.05) is 18.2 Å². The molecule has 0 bridgehead atoms. The van der Waals surface area contributed by atoms with Gasteiger partial charge in [-0.3, -0.25) is 9.18 Å². The fraction of sp³-hybridized carbons (Fsp3) is 0.500. The fourth-order valence-electron chi connectivity index (χ4n) is 6.19. The zero-order valence-electron chi connectivity index (χ0n) is 23.0. The number of phenols is 1. The molecule has 1 amide bonds. The smallest absolute Gasteiger partial charge is 0.318 e. The second-order valence-corrected chi connectivity index (χ2v) is 13.0. The van der Waals surface area contributed by atoms with E-state index in [0.717, 1.165) is 70.2 Å². The molecule has 212 valence electrons. The van der Waals surface area contributed by atoms with E-state index in [-0.39, 0.29) is 29.7 Å². The van der Waals surface area contributed by atoms with Crippen LogP contribution >= 0.6 is 22.6 Å². The maximum absolute atomic E-state index is 13.9. The van der Waals surface area contributed by atoms with Gasteiger partial charge in [0.25, 0.3) is 5.91 Å². The summed E-state index contributed by atoms with van der Waals surface area (Å²) in [5, 5.41) is 12.0. The summed E-state index contributed by atoms with van der Waals surface area (Å²) in [6, 6.07) is 9.34. The van der Waals surface area contributed by atoms with E-state index in [1.54, 1.807) is 17.0 Å². The molecule has 10 heteroatoms. The molecule has 1 aliphatic carbocycles. The number of benzene rings is 2. The summed E-state index contributed by atoms with van der Waals surface area (Å²) in [5.74, 6) is 0.613. The lowest BCUT2D eigenvalue weighted by Crippen LogP contribution is -2.37. The molecule has 0 spiro atoms. The van der Waals surface area contributed by atoms with E-state index in [0.29, 0.717) is 37.8 Å². The normalized spacial score (nSPS) is 19.8. The molecule has 1 saturated heterocycles. The third kappa shape index (κ3) is 5.44. The van der Waals surface area contributed by atoms with Crippen LogP contribution in [-0.2, 0) is 13.1 Å². The number of fused-ring (bicyclic) bond motifs is 2. The number of alkyl halides is 1. The van der Waals surface area contributed by atoms with E-state index < -0.39 is 0 Å². The van der Waals surface area contributed by atoms with Gasteiger partial charge in [0, 0.05) is 45.5 Å². The first-order chi connectivity index (χ1) is 19.2. The van der Waals surface area contributed by atoms with E-state index in [4.69, 9.17) is 14.7 Å². The topological polar surface area (TPSA) is 82.0 Å². The molecule has 1 atom stereocenters. The molecule has 0 radical (unpaired) electrons. The number of hydrogen-bond donors (Lipinski definition) is 1. The fourth-order valence-corrected chi connectivity index (χ4v) is 7.00. The Morgan fingerprint density at radius 3 is 2.83 bits per heavy atom. The maximum Gasteiger partial charge on any atom is 0.318 e. The average molecular weight is 660 g/mol. The van der Waals surface area contributed by atoms with E-state index in [9.17, 15) is 14.3 Å². The van der Waals surface area contributed by atoms with Crippen LogP contribution in [0.15, 0.2) is 30.3 Å². The van der Waals surface area contributed by atoms with Crippen LogP contribution in [0.5, 0.6) is 11.8 Å². The van der Waals surface area contributed by atoms with Gasteiger partial charge in [-0.25, -0.2) is 0 Å². The molecule has 3 heterocycles. The second kappa shape index (κ2) is 10.9. The molecule has 1 unspecified atom stereocenters. The molecular weight excluding hydrogens is 624 g/mol. The Kier molecular flexibility index (Phi) is 7.49. The highest BCUT2D eigenvalue weighted by Gasteiger charge is 2.44. The van der Waals surface area contributed by atoms with Crippen LogP contribution in [0.1, 0.15) is 47.3 Å². The van der Waals surface area contributed by atoms with Crippen molar-refractivity contribution in [1.29, 1.82) is 0 Å². The first kappa shape index (κ1) is 27.4. The highest BCUT2D eigenvalue weighted by atomic mass is 127. The van der Waals surface area contributed by atoms with E-state index in [2.05, 4.69) is 46.5 Å². The number of amides is 1. The first-order valence-corrected chi connectivity index (χ1v) is 15.0. The first-order valence-electron chi connectivity index (χ1n) is 13.9. The van der Waals surface area contributed by atoms with Gasteiger partial charge in [-0.15, -0.1) is 0 Å². The van der Waals surface area contributed by atoms with Crippen LogP contribution in [0.2, 0.25) is 0 Å². The van der Waals surface area contributed by atoms with Crippen LogP contribution in [-0.4, -0.2) is 77.8 Å². The molecule has 3 aromatic rings. The molecule has 3 aliphatic rings. The molecule has 40 heavy (non-hydrogen) atoms. The second-order valence-electron chi connectivity index (χ2n) is 11.9. The van der Waals surface area contributed by atoms with Crippen molar-refractivity contribution >= 4 is 45.1 Å². The molecule has 8 nitrogen and oxygen atoms in total.